The molecule has 0 unspecified atom stereocenters. The monoisotopic (exact) mass is 271 g/mol. The van der Waals surface area contributed by atoms with E-state index in [0.717, 1.165) is 0 Å². The van der Waals surface area contributed by atoms with E-state index in [2.05, 4.69) is 4.98 Å². The molecule has 1 heterocycles. The van der Waals surface area contributed by atoms with E-state index in [9.17, 15) is 9.59 Å². The summed E-state index contributed by atoms with van der Waals surface area (Å²) in [5.41, 5.74) is 5.10. The Labute approximate surface area is 109 Å². The van der Waals surface area contributed by atoms with Gasteiger partial charge in [-0.25, -0.2) is 4.98 Å². The van der Waals surface area contributed by atoms with E-state index in [1.165, 1.54) is 16.2 Å². The van der Waals surface area contributed by atoms with Crippen LogP contribution in [0.2, 0.25) is 0 Å². The highest BCUT2D eigenvalue weighted by molar-refractivity contribution is 7.09. The van der Waals surface area contributed by atoms with Crippen LogP contribution in [-0.2, 0) is 11.3 Å². The van der Waals surface area contributed by atoms with E-state index < -0.39 is 11.5 Å². The molecule has 3 N–H and O–H groups in total. The molecule has 0 aliphatic rings. The number of aliphatic carboxylic acids is 1. The van der Waals surface area contributed by atoms with Crippen LogP contribution < -0.4 is 5.73 Å². The van der Waals surface area contributed by atoms with Gasteiger partial charge in [0.1, 0.15) is 17.2 Å². The Bertz CT molecular complexity index is 451. The van der Waals surface area contributed by atoms with Gasteiger partial charge in [-0.1, -0.05) is 0 Å². The topological polar surface area (TPSA) is 96.5 Å². The first-order valence-corrected chi connectivity index (χ1v) is 6.32. The number of carboxylic acid groups (broad SMARTS) is 1. The Morgan fingerprint density at radius 2 is 2.11 bits per heavy atom. The molecule has 18 heavy (non-hydrogen) atoms. The Balaban J connectivity index is 2.98. The summed E-state index contributed by atoms with van der Waals surface area (Å²) in [4.78, 5) is 28.4. The summed E-state index contributed by atoms with van der Waals surface area (Å²) in [5, 5.41) is 11.1. The third-order valence-electron chi connectivity index (χ3n) is 2.29. The van der Waals surface area contributed by atoms with E-state index in [1.807, 2.05) is 0 Å². The second-order valence-corrected chi connectivity index (χ2v) is 5.73. The van der Waals surface area contributed by atoms with Crippen molar-refractivity contribution in [1.82, 2.24) is 9.88 Å². The number of carbonyl (C=O) groups is 2. The molecule has 1 amide bonds. The first-order valence-electron chi connectivity index (χ1n) is 5.44. The van der Waals surface area contributed by atoms with Gasteiger partial charge in [-0.15, -0.1) is 11.3 Å². The highest BCUT2D eigenvalue weighted by Crippen LogP contribution is 2.18. The van der Waals surface area contributed by atoms with Crippen molar-refractivity contribution in [3.8, 4) is 0 Å². The molecule has 100 valence electrons. The van der Waals surface area contributed by atoms with Crippen molar-refractivity contribution >= 4 is 23.2 Å². The predicted octanol–water partition coefficient (Wildman–Crippen LogP) is 0.927. The van der Waals surface area contributed by atoms with Gasteiger partial charge in [0, 0.05) is 17.5 Å². The zero-order chi connectivity index (χ0) is 13.9. The number of hydrogen-bond donors (Lipinski definition) is 2. The molecule has 0 radical (unpaired) electrons. The number of amides is 1. The van der Waals surface area contributed by atoms with E-state index in [0.29, 0.717) is 5.01 Å². The molecule has 0 aromatic carbocycles. The van der Waals surface area contributed by atoms with E-state index >= 15 is 0 Å². The molecule has 0 aliphatic carbocycles. The maximum atomic E-state index is 12.2. The largest absolute Gasteiger partial charge is 0.480 e. The second-order valence-electron chi connectivity index (χ2n) is 4.79. The fourth-order valence-electron chi connectivity index (χ4n) is 1.39. The lowest BCUT2D eigenvalue weighted by Crippen LogP contribution is -2.48. The third-order valence-corrected chi connectivity index (χ3v) is 3.16. The number of thiazole rings is 1. The molecule has 1 aromatic heterocycles. The fourth-order valence-corrected chi connectivity index (χ4v) is 2.04. The van der Waals surface area contributed by atoms with Crippen LogP contribution in [0.1, 0.15) is 36.3 Å². The van der Waals surface area contributed by atoms with Crippen LogP contribution in [0.25, 0.3) is 0 Å². The SMILES string of the molecule is CC(C)(C)N(CC(=O)O)C(=O)c1csc(CN)n1. The minimum absolute atomic E-state index is 0.247. The molecule has 0 fully saturated rings. The highest BCUT2D eigenvalue weighted by Gasteiger charge is 2.30. The summed E-state index contributed by atoms with van der Waals surface area (Å²) < 4.78 is 0. The molecule has 1 rings (SSSR count). The van der Waals surface area contributed by atoms with Gasteiger partial charge < -0.3 is 15.7 Å². The molecular formula is C11H17N3O3S. The van der Waals surface area contributed by atoms with Crippen LogP contribution in [0.3, 0.4) is 0 Å². The number of hydrogen-bond acceptors (Lipinski definition) is 5. The maximum Gasteiger partial charge on any atom is 0.323 e. The number of aromatic nitrogens is 1. The Morgan fingerprint density at radius 1 is 1.50 bits per heavy atom. The molecule has 6 nitrogen and oxygen atoms in total. The van der Waals surface area contributed by atoms with Gasteiger partial charge in [0.05, 0.1) is 0 Å². The molecule has 0 aliphatic heterocycles. The number of nitrogens with zero attached hydrogens (tertiary/aromatic N) is 2. The smallest absolute Gasteiger partial charge is 0.323 e. The van der Waals surface area contributed by atoms with Gasteiger partial charge in [-0.3, -0.25) is 9.59 Å². The lowest BCUT2D eigenvalue weighted by Gasteiger charge is -2.33. The van der Waals surface area contributed by atoms with Crippen molar-refractivity contribution in [3.05, 3.63) is 16.1 Å². The van der Waals surface area contributed by atoms with Gasteiger partial charge >= 0.3 is 5.97 Å². The van der Waals surface area contributed by atoms with Gasteiger partial charge in [-0.05, 0) is 20.8 Å². The van der Waals surface area contributed by atoms with Crippen LogP contribution in [0.15, 0.2) is 5.38 Å². The second kappa shape index (κ2) is 5.45. The maximum absolute atomic E-state index is 12.2. The van der Waals surface area contributed by atoms with Crippen LogP contribution in [0.5, 0.6) is 0 Å². The van der Waals surface area contributed by atoms with Crippen molar-refractivity contribution < 1.29 is 14.7 Å². The summed E-state index contributed by atoms with van der Waals surface area (Å²) in [6.45, 7) is 5.27. The number of nitrogens with two attached hydrogens (primary N) is 1. The molecule has 1 aromatic rings. The molecular weight excluding hydrogens is 254 g/mol. The van der Waals surface area contributed by atoms with Crippen LogP contribution >= 0.6 is 11.3 Å². The average molecular weight is 271 g/mol. The first kappa shape index (κ1) is 14.6. The standard InChI is InChI=1S/C11H17N3O3S/c1-11(2,3)14(5-9(15)16)10(17)7-6-18-8(4-12)13-7/h6H,4-5,12H2,1-3H3,(H,15,16). The molecule has 7 heteroatoms. The summed E-state index contributed by atoms with van der Waals surface area (Å²) in [6.07, 6.45) is 0. The predicted molar refractivity (Wildman–Crippen MR) is 68.4 cm³/mol. The molecule has 0 bridgehead atoms. The minimum Gasteiger partial charge on any atom is -0.480 e. The normalized spacial score (nSPS) is 11.3. The zero-order valence-electron chi connectivity index (χ0n) is 10.6. The minimum atomic E-state index is -1.05. The van der Waals surface area contributed by atoms with Crippen LogP contribution in [0, 0.1) is 0 Å². The van der Waals surface area contributed by atoms with Crippen molar-refractivity contribution in [3.63, 3.8) is 0 Å². The fraction of sp³-hybridized carbons (Fsp3) is 0.545. The average Bonchev–Trinajstić information content (AvgIpc) is 2.71. The van der Waals surface area contributed by atoms with Crippen molar-refractivity contribution in [2.75, 3.05) is 6.54 Å². The van der Waals surface area contributed by atoms with E-state index in [-0.39, 0.29) is 24.7 Å². The van der Waals surface area contributed by atoms with Gasteiger partial charge in [0.25, 0.3) is 5.91 Å². The molecule has 0 saturated carbocycles. The van der Waals surface area contributed by atoms with Gasteiger partial charge in [-0.2, -0.15) is 0 Å². The molecule has 0 spiro atoms. The highest BCUT2D eigenvalue weighted by atomic mass is 32.1. The summed E-state index contributed by atoms with van der Waals surface area (Å²) in [6, 6.07) is 0. The molecule has 0 saturated heterocycles. The Kier molecular flexibility index (Phi) is 4.42. The van der Waals surface area contributed by atoms with Crippen molar-refractivity contribution in [2.24, 2.45) is 5.73 Å². The lowest BCUT2D eigenvalue weighted by atomic mass is 10.1. The zero-order valence-corrected chi connectivity index (χ0v) is 11.5. The third kappa shape index (κ3) is 3.51. The lowest BCUT2D eigenvalue weighted by molar-refractivity contribution is -0.138. The summed E-state index contributed by atoms with van der Waals surface area (Å²) in [5.74, 6) is -1.44. The number of carbonyl (C=O) groups excluding carboxylic acids is 1. The van der Waals surface area contributed by atoms with Crippen LogP contribution in [-0.4, -0.2) is 39.0 Å². The first-order chi connectivity index (χ1) is 8.25. The van der Waals surface area contributed by atoms with Crippen LogP contribution in [0.4, 0.5) is 0 Å². The number of rotatable bonds is 4. The van der Waals surface area contributed by atoms with Gasteiger partial charge in [0.15, 0.2) is 0 Å². The quantitative estimate of drug-likeness (QED) is 0.849. The van der Waals surface area contributed by atoms with Gasteiger partial charge in [0.2, 0.25) is 0 Å². The van der Waals surface area contributed by atoms with Crippen molar-refractivity contribution in [2.45, 2.75) is 32.9 Å². The van der Waals surface area contributed by atoms with Crippen molar-refractivity contribution in [1.29, 1.82) is 0 Å². The van der Waals surface area contributed by atoms with E-state index in [4.69, 9.17) is 10.8 Å². The summed E-state index contributed by atoms with van der Waals surface area (Å²) >= 11 is 1.29. The summed E-state index contributed by atoms with van der Waals surface area (Å²) in [7, 11) is 0. The Hall–Kier alpha value is -1.47. The number of carboxylic acids is 1. The van der Waals surface area contributed by atoms with E-state index in [1.54, 1.807) is 26.2 Å². The Morgan fingerprint density at radius 3 is 2.50 bits per heavy atom. The molecule has 0 atom stereocenters.